The zero-order chi connectivity index (χ0) is 21.7. The Balaban J connectivity index is 4.95. The molecule has 2 amide bonds. The van der Waals surface area contributed by atoms with Gasteiger partial charge in [0.2, 0.25) is 11.8 Å². The molecule has 0 aromatic heterocycles. The van der Waals surface area contributed by atoms with Crippen LogP contribution >= 0.6 is 11.8 Å². The number of nitrogens with one attached hydrogen (secondary N) is 2. The van der Waals surface area contributed by atoms with Crippen molar-refractivity contribution in [2.75, 3.05) is 18.6 Å². The topological polar surface area (TPSA) is 223 Å². The maximum Gasteiger partial charge on any atom is 0.326 e. The molecule has 0 heterocycles. The van der Waals surface area contributed by atoms with Crippen LogP contribution in [-0.4, -0.2) is 76.6 Å². The lowest BCUT2D eigenvalue weighted by Crippen LogP contribution is -2.55. The lowest BCUT2D eigenvalue weighted by molar-refractivity contribution is -0.143. The van der Waals surface area contributed by atoms with E-state index in [1.165, 1.54) is 11.8 Å². The van der Waals surface area contributed by atoms with Crippen molar-refractivity contribution in [1.82, 2.24) is 10.6 Å². The fourth-order valence-electron chi connectivity index (χ4n) is 2.07. The molecule has 0 aromatic rings. The molecule has 0 unspecified atom stereocenters. The number of carbonyl (C=O) groups is 4. The van der Waals surface area contributed by atoms with Crippen molar-refractivity contribution < 1.29 is 29.4 Å². The van der Waals surface area contributed by atoms with Crippen molar-refractivity contribution >= 4 is 41.5 Å². The number of nitrogens with zero attached hydrogens (tertiary/aromatic N) is 1. The van der Waals surface area contributed by atoms with Crippen molar-refractivity contribution in [3.05, 3.63) is 0 Å². The van der Waals surface area contributed by atoms with E-state index >= 15 is 0 Å². The van der Waals surface area contributed by atoms with Crippen LogP contribution in [0.1, 0.15) is 25.7 Å². The van der Waals surface area contributed by atoms with E-state index in [0.29, 0.717) is 12.2 Å². The Kier molecular flexibility index (Phi) is 12.4. The molecule has 3 atom stereocenters. The Morgan fingerprint density at radius 2 is 1.64 bits per heavy atom. The second-order valence-electron chi connectivity index (χ2n) is 5.90. The van der Waals surface area contributed by atoms with Gasteiger partial charge in [0, 0.05) is 6.54 Å². The van der Waals surface area contributed by atoms with E-state index in [0.717, 1.165) is 0 Å². The summed E-state index contributed by atoms with van der Waals surface area (Å²) in [7, 11) is 0. The van der Waals surface area contributed by atoms with Crippen molar-refractivity contribution in [2.24, 2.45) is 22.2 Å². The molecule has 0 aliphatic rings. The van der Waals surface area contributed by atoms with Gasteiger partial charge in [-0.25, -0.2) is 4.79 Å². The van der Waals surface area contributed by atoms with Crippen molar-refractivity contribution in [3.8, 4) is 0 Å². The van der Waals surface area contributed by atoms with Gasteiger partial charge in [0.1, 0.15) is 12.1 Å². The number of guanidine groups is 1. The van der Waals surface area contributed by atoms with Crippen LogP contribution < -0.4 is 27.8 Å². The predicted octanol–water partition coefficient (Wildman–Crippen LogP) is -2.35. The number of aliphatic carboxylic acids is 2. The van der Waals surface area contributed by atoms with Gasteiger partial charge in [0.05, 0.1) is 12.5 Å². The largest absolute Gasteiger partial charge is 0.481 e. The summed E-state index contributed by atoms with van der Waals surface area (Å²) in [6, 6.07) is -3.66. The van der Waals surface area contributed by atoms with Gasteiger partial charge in [-0.05, 0) is 31.3 Å². The van der Waals surface area contributed by atoms with Gasteiger partial charge in [0.25, 0.3) is 0 Å². The maximum absolute atomic E-state index is 12.3. The molecule has 0 aromatic carbocycles. The Labute approximate surface area is 166 Å². The molecule has 0 saturated carbocycles. The van der Waals surface area contributed by atoms with Crippen LogP contribution in [0.3, 0.4) is 0 Å². The lowest BCUT2D eigenvalue weighted by atomic mass is 10.1. The highest BCUT2D eigenvalue weighted by molar-refractivity contribution is 7.98. The second kappa shape index (κ2) is 13.6. The summed E-state index contributed by atoms with van der Waals surface area (Å²) in [4.78, 5) is 50.5. The average Bonchev–Trinajstić information content (AvgIpc) is 2.60. The molecule has 0 rings (SSSR count). The van der Waals surface area contributed by atoms with Gasteiger partial charge in [-0.3, -0.25) is 19.4 Å². The number of amides is 2. The van der Waals surface area contributed by atoms with Gasteiger partial charge in [-0.1, -0.05) is 0 Å². The average molecular weight is 420 g/mol. The van der Waals surface area contributed by atoms with E-state index in [2.05, 4.69) is 15.6 Å². The fourth-order valence-corrected chi connectivity index (χ4v) is 2.56. The van der Waals surface area contributed by atoms with Gasteiger partial charge in [-0.15, -0.1) is 0 Å². The second-order valence-corrected chi connectivity index (χ2v) is 6.88. The maximum atomic E-state index is 12.3. The highest BCUT2D eigenvalue weighted by Crippen LogP contribution is 2.03. The summed E-state index contributed by atoms with van der Waals surface area (Å²) >= 11 is 1.48. The first-order valence-electron chi connectivity index (χ1n) is 8.43. The number of rotatable bonds is 14. The SMILES string of the molecule is CSCC[C@H](N)C(=O)N[C@@H](CC(=O)O)C(=O)N[C@@H](CCCN=C(N)N)C(=O)O. The number of hydrogen-bond acceptors (Lipinski definition) is 7. The summed E-state index contributed by atoms with van der Waals surface area (Å²) in [6.45, 7) is 0.168. The van der Waals surface area contributed by atoms with E-state index in [4.69, 9.17) is 22.3 Å². The molecule has 28 heavy (non-hydrogen) atoms. The van der Waals surface area contributed by atoms with E-state index in [-0.39, 0.29) is 25.3 Å². The molecule has 12 nitrogen and oxygen atoms in total. The van der Waals surface area contributed by atoms with E-state index in [1.54, 1.807) is 0 Å². The van der Waals surface area contributed by atoms with Gasteiger partial charge < -0.3 is 38.0 Å². The first-order valence-corrected chi connectivity index (χ1v) is 9.83. The highest BCUT2D eigenvalue weighted by Gasteiger charge is 2.29. The van der Waals surface area contributed by atoms with E-state index < -0.39 is 48.3 Å². The van der Waals surface area contributed by atoms with Crippen molar-refractivity contribution in [2.45, 2.75) is 43.8 Å². The summed E-state index contributed by atoms with van der Waals surface area (Å²) < 4.78 is 0. The van der Waals surface area contributed by atoms with Crippen LogP contribution in [0.4, 0.5) is 0 Å². The van der Waals surface area contributed by atoms with Crippen LogP contribution in [0.2, 0.25) is 0 Å². The minimum atomic E-state index is -1.45. The number of carbonyl (C=O) groups excluding carboxylic acids is 2. The van der Waals surface area contributed by atoms with Gasteiger partial charge >= 0.3 is 11.9 Å². The van der Waals surface area contributed by atoms with Crippen molar-refractivity contribution in [1.29, 1.82) is 0 Å². The molecule has 0 bridgehead atoms. The zero-order valence-electron chi connectivity index (χ0n) is 15.6. The number of hydrogen-bond donors (Lipinski definition) is 7. The Morgan fingerprint density at radius 1 is 1.04 bits per heavy atom. The molecule has 0 aliphatic carbocycles. The van der Waals surface area contributed by atoms with Crippen LogP contribution in [0.15, 0.2) is 4.99 Å². The molecule has 0 spiro atoms. The first-order chi connectivity index (χ1) is 13.1. The van der Waals surface area contributed by atoms with Gasteiger partial charge in [0.15, 0.2) is 5.96 Å². The quantitative estimate of drug-likeness (QED) is 0.0899. The molecular formula is C15H28N6O6S. The Hall–Kier alpha value is -2.54. The standard InChI is InChI=1S/C15H28N6O6S/c1-28-6-4-8(16)12(24)21-10(7-11(22)23)13(25)20-9(14(26)27)3-2-5-19-15(17)18/h8-10H,2-7,16H2,1H3,(H,20,25)(H,21,24)(H,22,23)(H,26,27)(H4,17,18,19)/t8-,9-,10-/m0/s1. The Bertz CT molecular complexity index is 583. The molecular weight excluding hydrogens is 392 g/mol. The first kappa shape index (κ1) is 25.5. The fraction of sp³-hybridized carbons (Fsp3) is 0.667. The molecule has 0 saturated heterocycles. The lowest BCUT2D eigenvalue weighted by Gasteiger charge is -2.21. The number of thioether (sulfide) groups is 1. The molecule has 0 radical (unpaired) electrons. The molecule has 160 valence electrons. The van der Waals surface area contributed by atoms with Crippen LogP contribution in [0.25, 0.3) is 0 Å². The van der Waals surface area contributed by atoms with E-state index in [1.807, 2.05) is 6.26 Å². The summed E-state index contributed by atoms with van der Waals surface area (Å²) in [6.07, 6.45) is 1.75. The smallest absolute Gasteiger partial charge is 0.326 e. The molecule has 0 aliphatic heterocycles. The summed E-state index contributed by atoms with van der Waals surface area (Å²) in [5.41, 5.74) is 16.0. The number of carboxylic acids is 2. The number of aliphatic imine (C=N–C) groups is 1. The minimum absolute atomic E-state index is 0.0127. The molecule has 13 heteroatoms. The molecule has 0 fully saturated rings. The number of carboxylic acid groups (broad SMARTS) is 2. The van der Waals surface area contributed by atoms with Crippen LogP contribution in [-0.2, 0) is 19.2 Å². The molecule has 10 N–H and O–H groups in total. The zero-order valence-corrected chi connectivity index (χ0v) is 16.4. The normalized spacial score (nSPS) is 13.6. The van der Waals surface area contributed by atoms with Crippen molar-refractivity contribution in [3.63, 3.8) is 0 Å². The van der Waals surface area contributed by atoms with E-state index in [9.17, 15) is 24.3 Å². The summed E-state index contributed by atoms with van der Waals surface area (Å²) in [5.74, 6) is -3.79. The van der Waals surface area contributed by atoms with Gasteiger partial charge in [-0.2, -0.15) is 11.8 Å². The third-order valence-electron chi connectivity index (χ3n) is 3.54. The monoisotopic (exact) mass is 420 g/mol. The predicted molar refractivity (Wildman–Crippen MR) is 105 cm³/mol. The number of nitrogens with two attached hydrogens (primary N) is 3. The third-order valence-corrected chi connectivity index (χ3v) is 4.19. The minimum Gasteiger partial charge on any atom is -0.481 e. The van der Waals surface area contributed by atoms with Crippen LogP contribution in [0.5, 0.6) is 0 Å². The summed E-state index contributed by atoms with van der Waals surface area (Å²) in [5, 5.41) is 22.7. The third kappa shape index (κ3) is 11.2. The highest BCUT2D eigenvalue weighted by atomic mass is 32.2. The van der Waals surface area contributed by atoms with Crippen LogP contribution in [0, 0.1) is 0 Å². The Morgan fingerprint density at radius 3 is 2.14 bits per heavy atom.